The first-order chi connectivity index (χ1) is 5.83. The van der Waals surface area contributed by atoms with Crippen LogP contribution in [-0.2, 0) is 9.53 Å². The third kappa shape index (κ3) is 3.19. The SMILES string of the molecule is CNC(=O)CNCC1CCOC1. The first-order valence-corrected chi connectivity index (χ1v) is 4.32. The van der Waals surface area contributed by atoms with Crippen LogP contribution in [0.3, 0.4) is 0 Å². The quantitative estimate of drug-likeness (QED) is 0.593. The van der Waals surface area contributed by atoms with Gasteiger partial charge in [0.25, 0.3) is 0 Å². The highest BCUT2D eigenvalue weighted by molar-refractivity contribution is 5.77. The van der Waals surface area contributed by atoms with Gasteiger partial charge in [-0.05, 0) is 12.3 Å². The van der Waals surface area contributed by atoms with E-state index in [9.17, 15) is 4.79 Å². The Morgan fingerprint density at radius 3 is 3.08 bits per heavy atom. The summed E-state index contributed by atoms with van der Waals surface area (Å²) < 4.78 is 5.20. The highest BCUT2D eigenvalue weighted by Crippen LogP contribution is 2.10. The van der Waals surface area contributed by atoms with Gasteiger partial charge >= 0.3 is 0 Å². The molecular weight excluding hydrogens is 156 g/mol. The van der Waals surface area contributed by atoms with Gasteiger partial charge in [-0.2, -0.15) is 0 Å². The molecule has 0 spiro atoms. The monoisotopic (exact) mass is 172 g/mol. The molecule has 1 fully saturated rings. The molecule has 12 heavy (non-hydrogen) atoms. The van der Waals surface area contributed by atoms with Crippen LogP contribution < -0.4 is 10.6 Å². The summed E-state index contributed by atoms with van der Waals surface area (Å²) in [7, 11) is 1.64. The average molecular weight is 172 g/mol. The molecule has 1 saturated heterocycles. The molecule has 1 aliphatic rings. The molecule has 0 aromatic rings. The van der Waals surface area contributed by atoms with Crippen LogP contribution in [0.2, 0.25) is 0 Å². The number of rotatable bonds is 4. The molecular formula is C8H16N2O2. The van der Waals surface area contributed by atoms with Gasteiger partial charge in [0.05, 0.1) is 13.2 Å². The van der Waals surface area contributed by atoms with Crippen molar-refractivity contribution < 1.29 is 9.53 Å². The molecule has 1 aliphatic heterocycles. The Bertz CT molecular complexity index is 144. The summed E-state index contributed by atoms with van der Waals surface area (Å²) in [5.74, 6) is 0.628. The van der Waals surface area contributed by atoms with Gasteiger partial charge in [0.1, 0.15) is 0 Å². The van der Waals surface area contributed by atoms with Crippen LogP contribution >= 0.6 is 0 Å². The number of nitrogens with one attached hydrogen (secondary N) is 2. The third-order valence-electron chi connectivity index (χ3n) is 2.02. The van der Waals surface area contributed by atoms with Crippen LogP contribution in [0, 0.1) is 5.92 Å². The molecule has 4 nitrogen and oxygen atoms in total. The van der Waals surface area contributed by atoms with Crippen LogP contribution in [0.5, 0.6) is 0 Å². The van der Waals surface area contributed by atoms with Crippen molar-refractivity contribution >= 4 is 5.91 Å². The van der Waals surface area contributed by atoms with Gasteiger partial charge in [-0.1, -0.05) is 0 Å². The van der Waals surface area contributed by atoms with E-state index in [0.717, 1.165) is 26.2 Å². The summed E-state index contributed by atoms with van der Waals surface area (Å²) in [5, 5.41) is 5.64. The van der Waals surface area contributed by atoms with Crippen molar-refractivity contribution in [2.45, 2.75) is 6.42 Å². The molecule has 0 aliphatic carbocycles. The van der Waals surface area contributed by atoms with E-state index in [4.69, 9.17) is 4.74 Å². The summed E-state index contributed by atoms with van der Waals surface area (Å²) in [6, 6.07) is 0. The Hall–Kier alpha value is -0.610. The molecule has 1 heterocycles. The molecule has 4 heteroatoms. The van der Waals surface area contributed by atoms with E-state index in [0.29, 0.717) is 12.5 Å². The zero-order chi connectivity index (χ0) is 8.81. The van der Waals surface area contributed by atoms with E-state index in [1.807, 2.05) is 0 Å². The minimum atomic E-state index is 0.0360. The number of hydrogen-bond donors (Lipinski definition) is 2. The van der Waals surface area contributed by atoms with Crippen molar-refractivity contribution in [1.82, 2.24) is 10.6 Å². The predicted octanol–water partition coefficient (Wildman–Crippen LogP) is -0.642. The summed E-state index contributed by atoms with van der Waals surface area (Å²) in [5.41, 5.74) is 0. The van der Waals surface area contributed by atoms with Gasteiger partial charge in [-0.25, -0.2) is 0 Å². The highest BCUT2D eigenvalue weighted by atomic mass is 16.5. The number of likely N-dealkylation sites (N-methyl/N-ethyl adjacent to an activating group) is 1. The van der Waals surface area contributed by atoms with Gasteiger partial charge in [-0.15, -0.1) is 0 Å². The molecule has 1 unspecified atom stereocenters. The standard InChI is InChI=1S/C8H16N2O2/c1-9-8(11)5-10-4-7-2-3-12-6-7/h7,10H,2-6H2,1H3,(H,9,11). The normalized spacial score (nSPS) is 22.6. The highest BCUT2D eigenvalue weighted by Gasteiger charge is 2.14. The van der Waals surface area contributed by atoms with E-state index in [1.165, 1.54) is 0 Å². The van der Waals surface area contributed by atoms with Crippen LogP contribution in [0.15, 0.2) is 0 Å². The first kappa shape index (κ1) is 9.48. The van der Waals surface area contributed by atoms with Crippen LogP contribution in [-0.4, -0.2) is 39.3 Å². The fourth-order valence-electron chi connectivity index (χ4n) is 1.22. The Morgan fingerprint density at radius 1 is 1.67 bits per heavy atom. The minimum Gasteiger partial charge on any atom is -0.381 e. The van der Waals surface area contributed by atoms with Crippen molar-refractivity contribution in [3.05, 3.63) is 0 Å². The lowest BCUT2D eigenvalue weighted by Gasteiger charge is -2.07. The number of carbonyl (C=O) groups is 1. The fraction of sp³-hybridized carbons (Fsp3) is 0.875. The molecule has 1 amide bonds. The lowest BCUT2D eigenvalue weighted by Crippen LogP contribution is -2.34. The number of amides is 1. The predicted molar refractivity (Wildman–Crippen MR) is 45.9 cm³/mol. The smallest absolute Gasteiger partial charge is 0.233 e. The largest absolute Gasteiger partial charge is 0.381 e. The summed E-state index contributed by atoms with van der Waals surface area (Å²) in [6.07, 6.45) is 1.11. The van der Waals surface area contributed by atoms with E-state index in [-0.39, 0.29) is 5.91 Å². The molecule has 0 radical (unpaired) electrons. The van der Waals surface area contributed by atoms with Crippen molar-refractivity contribution in [3.8, 4) is 0 Å². The third-order valence-corrected chi connectivity index (χ3v) is 2.02. The molecule has 0 aromatic heterocycles. The molecule has 2 N–H and O–H groups in total. The zero-order valence-corrected chi connectivity index (χ0v) is 7.43. The van der Waals surface area contributed by atoms with Crippen molar-refractivity contribution in [3.63, 3.8) is 0 Å². The second-order valence-corrected chi connectivity index (χ2v) is 3.03. The van der Waals surface area contributed by atoms with E-state index in [2.05, 4.69) is 10.6 Å². The Labute approximate surface area is 72.7 Å². The maximum Gasteiger partial charge on any atom is 0.233 e. The van der Waals surface area contributed by atoms with E-state index < -0.39 is 0 Å². The zero-order valence-electron chi connectivity index (χ0n) is 7.43. The molecule has 0 bridgehead atoms. The maximum atomic E-state index is 10.8. The van der Waals surface area contributed by atoms with Crippen LogP contribution in [0.1, 0.15) is 6.42 Å². The lowest BCUT2D eigenvalue weighted by atomic mass is 10.1. The summed E-state index contributed by atoms with van der Waals surface area (Å²) in [4.78, 5) is 10.8. The molecule has 1 atom stereocenters. The summed E-state index contributed by atoms with van der Waals surface area (Å²) >= 11 is 0. The second-order valence-electron chi connectivity index (χ2n) is 3.03. The molecule has 70 valence electrons. The Balaban J connectivity index is 1.97. The Kier molecular flexibility index (Phi) is 4.04. The van der Waals surface area contributed by atoms with Gasteiger partial charge in [0, 0.05) is 20.2 Å². The second kappa shape index (κ2) is 5.11. The molecule has 1 rings (SSSR count). The van der Waals surface area contributed by atoms with Gasteiger partial charge in [0.15, 0.2) is 0 Å². The Morgan fingerprint density at radius 2 is 2.50 bits per heavy atom. The van der Waals surface area contributed by atoms with Gasteiger partial charge in [-0.3, -0.25) is 4.79 Å². The summed E-state index contributed by atoms with van der Waals surface area (Å²) in [6.45, 7) is 2.99. The number of carbonyl (C=O) groups excluding carboxylic acids is 1. The molecule has 0 aromatic carbocycles. The molecule has 0 saturated carbocycles. The van der Waals surface area contributed by atoms with E-state index >= 15 is 0 Å². The fourth-order valence-corrected chi connectivity index (χ4v) is 1.22. The minimum absolute atomic E-state index is 0.0360. The van der Waals surface area contributed by atoms with Crippen LogP contribution in [0.4, 0.5) is 0 Å². The first-order valence-electron chi connectivity index (χ1n) is 4.32. The maximum absolute atomic E-state index is 10.8. The topological polar surface area (TPSA) is 50.4 Å². The number of hydrogen-bond acceptors (Lipinski definition) is 3. The van der Waals surface area contributed by atoms with Crippen LogP contribution in [0.25, 0.3) is 0 Å². The van der Waals surface area contributed by atoms with Crippen molar-refractivity contribution in [2.24, 2.45) is 5.92 Å². The van der Waals surface area contributed by atoms with Crippen molar-refractivity contribution in [2.75, 3.05) is 33.4 Å². The van der Waals surface area contributed by atoms with E-state index in [1.54, 1.807) is 7.05 Å². The van der Waals surface area contributed by atoms with Crippen molar-refractivity contribution in [1.29, 1.82) is 0 Å². The lowest BCUT2D eigenvalue weighted by molar-refractivity contribution is -0.119. The van der Waals surface area contributed by atoms with Gasteiger partial charge in [0.2, 0.25) is 5.91 Å². The van der Waals surface area contributed by atoms with Gasteiger partial charge < -0.3 is 15.4 Å². The number of ether oxygens (including phenoxy) is 1. The average Bonchev–Trinajstić information content (AvgIpc) is 2.57.